The number of nitrogens with zero attached hydrogens (tertiary/aromatic N) is 1. The van der Waals surface area contributed by atoms with Gasteiger partial charge in [-0.2, -0.15) is 5.26 Å². The SMILES string of the molecule is CC(C)(C#N)c1ccc(NC(=O)CC(O)c2ccccc2)cc1. The molecule has 2 aromatic rings. The number of hydrogen-bond acceptors (Lipinski definition) is 3. The van der Waals surface area contributed by atoms with E-state index in [4.69, 9.17) is 5.26 Å². The summed E-state index contributed by atoms with van der Waals surface area (Å²) >= 11 is 0. The van der Waals surface area contributed by atoms with E-state index in [1.807, 2.05) is 44.2 Å². The number of carbonyl (C=O) groups excluding carboxylic acids is 1. The zero-order chi connectivity index (χ0) is 16.9. The number of nitrogens with one attached hydrogen (secondary N) is 1. The summed E-state index contributed by atoms with van der Waals surface area (Å²) < 4.78 is 0. The monoisotopic (exact) mass is 308 g/mol. The summed E-state index contributed by atoms with van der Waals surface area (Å²) in [6.45, 7) is 3.69. The topological polar surface area (TPSA) is 73.1 Å². The van der Waals surface area contributed by atoms with Crippen molar-refractivity contribution in [3.63, 3.8) is 0 Å². The lowest BCUT2D eigenvalue weighted by Crippen LogP contribution is -2.16. The molecule has 0 aliphatic carbocycles. The van der Waals surface area contributed by atoms with E-state index in [9.17, 15) is 9.90 Å². The molecule has 2 rings (SSSR count). The predicted octanol–water partition coefficient (Wildman–Crippen LogP) is 3.55. The molecule has 0 saturated heterocycles. The maximum Gasteiger partial charge on any atom is 0.227 e. The van der Waals surface area contributed by atoms with Gasteiger partial charge < -0.3 is 10.4 Å². The molecule has 0 aliphatic heterocycles. The van der Waals surface area contributed by atoms with Gasteiger partial charge in [0.2, 0.25) is 5.91 Å². The molecule has 4 nitrogen and oxygen atoms in total. The van der Waals surface area contributed by atoms with Crippen LogP contribution < -0.4 is 5.32 Å². The minimum absolute atomic E-state index is 0.00451. The maximum absolute atomic E-state index is 12.0. The van der Waals surface area contributed by atoms with Gasteiger partial charge in [-0.25, -0.2) is 0 Å². The molecule has 23 heavy (non-hydrogen) atoms. The predicted molar refractivity (Wildman–Crippen MR) is 89.7 cm³/mol. The standard InChI is InChI=1S/C19H20N2O2/c1-19(2,13-20)15-8-10-16(11-9-15)21-18(23)12-17(22)14-6-4-3-5-7-14/h3-11,17,22H,12H2,1-2H3,(H,21,23). The highest BCUT2D eigenvalue weighted by molar-refractivity contribution is 5.91. The fourth-order valence-electron chi connectivity index (χ4n) is 2.22. The molecule has 2 aromatic carbocycles. The summed E-state index contributed by atoms with van der Waals surface area (Å²) in [6.07, 6.45) is -0.830. The van der Waals surface area contributed by atoms with Gasteiger partial charge in [0.05, 0.1) is 24.0 Å². The molecule has 4 heteroatoms. The fourth-order valence-corrected chi connectivity index (χ4v) is 2.22. The molecule has 0 saturated carbocycles. The quantitative estimate of drug-likeness (QED) is 0.887. The minimum atomic E-state index is -0.826. The number of anilines is 1. The van der Waals surface area contributed by atoms with E-state index in [2.05, 4.69) is 11.4 Å². The second kappa shape index (κ2) is 7.08. The number of aliphatic hydroxyl groups is 1. The molecule has 0 spiro atoms. The zero-order valence-corrected chi connectivity index (χ0v) is 13.3. The lowest BCUT2D eigenvalue weighted by Gasteiger charge is -2.16. The molecular formula is C19H20N2O2. The molecule has 118 valence electrons. The Morgan fingerprint density at radius 2 is 1.78 bits per heavy atom. The maximum atomic E-state index is 12.0. The largest absolute Gasteiger partial charge is 0.388 e. The molecule has 0 aromatic heterocycles. The summed E-state index contributed by atoms with van der Waals surface area (Å²) in [4.78, 5) is 12.0. The molecule has 1 atom stereocenters. The highest BCUT2D eigenvalue weighted by Crippen LogP contribution is 2.24. The van der Waals surface area contributed by atoms with Crippen molar-refractivity contribution >= 4 is 11.6 Å². The van der Waals surface area contributed by atoms with Crippen molar-refractivity contribution in [3.8, 4) is 6.07 Å². The lowest BCUT2D eigenvalue weighted by molar-refractivity contribution is -0.118. The van der Waals surface area contributed by atoms with Crippen LogP contribution in [0.4, 0.5) is 5.69 Å². The second-order valence-corrected chi connectivity index (χ2v) is 5.99. The zero-order valence-electron chi connectivity index (χ0n) is 13.3. The van der Waals surface area contributed by atoms with Gasteiger partial charge in [0.25, 0.3) is 0 Å². The Morgan fingerprint density at radius 3 is 2.35 bits per heavy atom. The van der Waals surface area contributed by atoms with Crippen LogP contribution in [0.5, 0.6) is 0 Å². The number of benzene rings is 2. The van der Waals surface area contributed by atoms with Gasteiger partial charge in [-0.15, -0.1) is 0 Å². The number of hydrogen-bond donors (Lipinski definition) is 2. The number of amides is 1. The lowest BCUT2D eigenvalue weighted by atomic mass is 9.86. The third-order valence-corrected chi connectivity index (χ3v) is 3.73. The van der Waals surface area contributed by atoms with Gasteiger partial charge in [0, 0.05) is 5.69 Å². The fraction of sp³-hybridized carbons (Fsp3) is 0.263. The van der Waals surface area contributed by atoms with E-state index in [0.717, 1.165) is 5.56 Å². The molecule has 0 heterocycles. The van der Waals surface area contributed by atoms with Crippen molar-refractivity contribution in [2.24, 2.45) is 0 Å². The van der Waals surface area contributed by atoms with Crippen LogP contribution in [0.15, 0.2) is 54.6 Å². The Bertz CT molecular complexity index is 700. The Labute approximate surface area is 136 Å². The van der Waals surface area contributed by atoms with Crippen LogP contribution in [0.1, 0.15) is 37.5 Å². The van der Waals surface area contributed by atoms with Gasteiger partial charge in [-0.1, -0.05) is 42.5 Å². The van der Waals surface area contributed by atoms with Crippen molar-refractivity contribution in [3.05, 3.63) is 65.7 Å². The van der Waals surface area contributed by atoms with Crippen LogP contribution in [0.2, 0.25) is 0 Å². The first-order valence-corrected chi connectivity index (χ1v) is 7.47. The highest BCUT2D eigenvalue weighted by atomic mass is 16.3. The number of carbonyl (C=O) groups is 1. The van der Waals surface area contributed by atoms with Gasteiger partial charge in [0.1, 0.15) is 0 Å². The van der Waals surface area contributed by atoms with Crippen LogP contribution in [0.25, 0.3) is 0 Å². The Kier molecular flexibility index (Phi) is 5.15. The van der Waals surface area contributed by atoms with Crippen molar-refractivity contribution in [1.82, 2.24) is 0 Å². The van der Waals surface area contributed by atoms with Crippen LogP contribution >= 0.6 is 0 Å². The van der Waals surface area contributed by atoms with Gasteiger partial charge in [-0.05, 0) is 37.1 Å². The average Bonchev–Trinajstić information content (AvgIpc) is 2.56. The Hall–Kier alpha value is -2.64. The normalized spacial score (nSPS) is 12.3. The first kappa shape index (κ1) is 16.7. The molecule has 0 bridgehead atoms. The van der Waals surface area contributed by atoms with Crippen LogP contribution in [-0.4, -0.2) is 11.0 Å². The molecule has 0 aliphatic rings. The van der Waals surface area contributed by atoms with Crippen LogP contribution in [0, 0.1) is 11.3 Å². The smallest absolute Gasteiger partial charge is 0.227 e. The average molecular weight is 308 g/mol. The third-order valence-electron chi connectivity index (χ3n) is 3.73. The molecule has 0 radical (unpaired) electrons. The van der Waals surface area contributed by atoms with E-state index >= 15 is 0 Å². The second-order valence-electron chi connectivity index (χ2n) is 5.99. The summed E-state index contributed by atoms with van der Waals surface area (Å²) in [6, 6.07) is 18.5. The van der Waals surface area contributed by atoms with Gasteiger partial charge in [-0.3, -0.25) is 4.79 Å². The summed E-state index contributed by atoms with van der Waals surface area (Å²) in [7, 11) is 0. The van der Waals surface area contributed by atoms with E-state index in [1.54, 1.807) is 24.3 Å². The summed E-state index contributed by atoms with van der Waals surface area (Å²) in [5.41, 5.74) is 1.69. The van der Waals surface area contributed by atoms with Crippen LogP contribution in [-0.2, 0) is 10.2 Å². The molecule has 1 amide bonds. The van der Waals surface area contributed by atoms with Crippen molar-refractivity contribution in [2.45, 2.75) is 31.8 Å². The highest BCUT2D eigenvalue weighted by Gasteiger charge is 2.19. The van der Waals surface area contributed by atoms with E-state index in [-0.39, 0.29) is 12.3 Å². The summed E-state index contributed by atoms with van der Waals surface area (Å²) in [5.74, 6) is -0.256. The number of nitriles is 1. The third kappa shape index (κ3) is 4.41. The van der Waals surface area contributed by atoms with E-state index in [0.29, 0.717) is 11.3 Å². The van der Waals surface area contributed by atoms with Gasteiger partial charge >= 0.3 is 0 Å². The van der Waals surface area contributed by atoms with Crippen molar-refractivity contribution < 1.29 is 9.90 Å². The number of rotatable bonds is 5. The van der Waals surface area contributed by atoms with Gasteiger partial charge in [0.15, 0.2) is 0 Å². The van der Waals surface area contributed by atoms with E-state index in [1.165, 1.54) is 0 Å². The van der Waals surface area contributed by atoms with Crippen LogP contribution in [0.3, 0.4) is 0 Å². The molecule has 2 N–H and O–H groups in total. The van der Waals surface area contributed by atoms with E-state index < -0.39 is 11.5 Å². The summed E-state index contributed by atoms with van der Waals surface area (Å²) in [5, 5.41) is 21.9. The molecule has 1 unspecified atom stereocenters. The Morgan fingerprint density at radius 1 is 1.17 bits per heavy atom. The first-order valence-electron chi connectivity index (χ1n) is 7.47. The number of aliphatic hydroxyl groups excluding tert-OH is 1. The van der Waals surface area contributed by atoms with Crippen molar-refractivity contribution in [1.29, 1.82) is 5.26 Å². The molecular weight excluding hydrogens is 288 g/mol. The molecule has 0 fully saturated rings. The Balaban J connectivity index is 1.97. The van der Waals surface area contributed by atoms with Crippen molar-refractivity contribution in [2.75, 3.05) is 5.32 Å². The first-order chi connectivity index (χ1) is 10.9. The minimum Gasteiger partial charge on any atom is -0.388 e.